The van der Waals surface area contributed by atoms with E-state index in [0.717, 1.165) is 0 Å². The van der Waals surface area contributed by atoms with Gasteiger partial charge in [-0.3, -0.25) is 0 Å². The number of halogens is 2. The van der Waals surface area contributed by atoms with Gasteiger partial charge >= 0.3 is 0 Å². The smallest absolute Gasteiger partial charge is 0.244 e. The van der Waals surface area contributed by atoms with Crippen LogP contribution in [0.2, 0.25) is 10.0 Å². The monoisotopic (exact) mass is 338 g/mol. The summed E-state index contributed by atoms with van der Waals surface area (Å²) in [7, 11) is -1.89. The van der Waals surface area contributed by atoms with Gasteiger partial charge in [-0.05, 0) is 38.6 Å². The Labute approximate surface area is 131 Å². The van der Waals surface area contributed by atoms with Gasteiger partial charge in [-0.2, -0.15) is 4.31 Å². The number of sulfonamides is 1. The number of nitrogens with one attached hydrogen (secondary N) is 1. The zero-order valence-electron chi connectivity index (χ0n) is 12.1. The molecule has 0 unspecified atom stereocenters. The zero-order valence-corrected chi connectivity index (χ0v) is 14.4. The molecule has 0 spiro atoms. The third kappa shape index (κ3) is 3.65. The molecule has 0 heterocycles. The fraction of sp³-hybridized carbons (Fsp3) is 0.538. The SMILES string of the molecule is CCN(C(C)C)S(=O)(=O)c1cc(Cl)cc(CNC)c1Cl. The lowest BCUT2D eigenvalue weighted by atomic mass is 10.2. The second-order valence-corrected chi connectivity index (χ2v) is 7.38. The van der Waals surface area contributed by atoms with Crippen molar-refractivity contribution in [2.24, 2.45) is 0 Å². The van der Waals surface area contributed by atoms with Crippen molar-refractivity contribution < 1.29 is 8.42 Å². The molecule has 7 heteroatoms. The summed E-state index contributed by atoms with van der Waals surface area (Å²) in [5.41, 5.74) is 0.667. The van der Waals surface area contributed by atoms with E-state index in [-0.39, 0.29) is 16.0 Å². The van der Waals surface area contributed by atoms with Gasteiger partial charge in [0.1, 0.15) is 4.90 Å². The van der Waals surface area contributed by atoms with Gasteiger partial charge in [0.25, 0.3) is 0 Å². The maximum absolute atomic E-state index is 12.7. The van der Waals surface area contributed by atoms with Gasteiger partial charge in [0.05, 0.1) is 5.02 Å². The number of hydrogen-bond acceptors (Lipinski definition) is 3. The molecule has 1 rings (SSSR count). The average molecular weight is 339 g/mol. The van der Waals surface area contributed by atoms with Crippen LogP contribution in [0.1, 0.15) is 26.3 Å². The summed E-state index contributed by atoms with van der Waals surface area (Å²) in [5, 5.41) is 3.53. The van der Waals surface area contributed by atoms with Crippen molar-refractivity contribution in [2.75, 3.05) is 13.6 Å². The molecule has 20 heavy (non-hydrogen) atoms. The highest BCUT2D eigenvalue weighted by Gasteiger charge is 2.29. The summed E-state index contributed by atoms with van der Waals surface area (Å²) in [6.07, 6.45) is 0. The predicted molar refractivity (Wildman–Crippen MR) is 83.9 cm³/mol. The van der Waals surface area contributed by atoms with Crippen LogP contribution in [0.3, 0.4) is 0 Å². The van der Waals surface area contributed by atoms with Gasteiger partial charge in [0.15, 0.2) is 0 Å². The van der Waals surface area contributed by atoms with Crippen LogP contribution in [-0.2, 0) is 16.6 Å². The van der Waals surface area contributed by atoms with Gasteiger partial charge in [-0.25, -0.2) is 8.42 Å². The van der Waals surface area contributed by atoms with Crippen molar-refractivity contribution in [1.29, 1.82) is 0 Å². The molecule has 0 saturated heterocycles. The van der Waals surface area contributed by atoms with E-state index in [0.29, 0.717) is 23.7 Å². The molecule has 0 aliphatic rings. The molecule has 1 aromatic rings. The topological polar surface area (TPSA) is 49.4 Å². The lowest BCUT2D eigenvalue weighted by Crippen LogP contribution is -2.36. The molecule has 1 N–H and O–H groups in total. The molecule has 0 atom stereocenters. The summed E-state index contributed by atoms with van der Waals surface area (Å²) in [6, 6.07) is 2.93. The quantitative estimate of drug-likeness (QED) is 0.866. The van der Waals surface area contributed by atoms with Crippen molar-refractivity contribution in [3.05, 3.63) is 27.7 Å². The second-order valence-electron chi connectivity index (χ2n) is 4.71. The van der Waals surface area contributed by atoms with Crippen LogP contribution in [0.4, 0.5) is 0 Å². The predicted octanol–water partition coefficient (Wildman–Crippen LogP) is 3.13. The molecule has 1 aromatic carbocycles. The van der Waals surface area contributed by atoms with Crippen molar-refractivity contribution >= 4 is 33.2 Å². The first kappa shape index (κ1) is 17.7. The lowest BCUT2D eigenvalue weighted by Gasteiger charge is -2.25. The number of benzene rings is 1. The minimum atomic E-state index is -3.66. The largest absolute Gasteiger partial charge is 0.316 e. The molecule has 4 nitrogen and oxygen atoms in total. The second kappa shape index (κ2) is 7.09. The van der Waals surface area contributed by atoms with Gasteiger partial charge in [-0.1, -0.05) is 30.1 Å². The van der Waals surface area contributed by atoms with Crippen molar-refractivity contribution in [3.63, 3.8) is 0 Å². The van der Waals surface area contributed by atoms with E-state index in [2.05, 4.69) is 5.32 Å². The molecule has 0 aliphatic heterocycles. The van der Waals surface area contributed by atoms with Crippen molar-refractivity contribution in [1.82, 2.24) is 9.62 Å². The number of hydrogen-bond donors (Lipinski definition) is 1. The summed E-state index contributed by atoms with van der Waals surface area (Å²) in [5.74, 6) is 0. The first-order valence-corrected chi connectivity index (χ1v) is 8.59. The van der Waals surface area contributed by atoms with Crippen LogP contribution in [0.15, 0.2) is 17.0 Å². The van der Waals surface area contributed by atoms with Crippen LogP contribution in [0.25, 0.3) is 0 Å². The lowest BCUT2D eigenvalue weighted by molar-refractivity contribution is 0.369. The minimum absolute atomic E-state index is 0.0625. The maximum atomic E-state index is 12.7. The maximum Gasteiger partial charge on any atom is 0.244 e. The first-order chi connectivity index (χ1) is 9.25. The Morgan fingerprint density at radius 3 is 2.35 bits per heavy atom. The first-order valence-electron chi connectivity index (χ1n) is 6.40. The Morgan fingerprint density at radius 1 is 1.30 bits per heavy atom. The third-order valence-electron chi connectivity index (χ3n) is 2.92. The fourth-order valence-electron chi connectivity index (χ4n) is 2.06. The van der Waals surface area contributed by atoms with Gasteiger partial charge in [-0.15, -0.1) is 0 Å². The minimum Gasteiger partial charge on any atom is -0.316 e. The molecule has 0 aliphatic carbocycles. The van der Waals surface area contributed by atoms with E-state index < -0.39 is 10.0 Å². The Balaban J connectivity index is 3.45. The number of rotatable bonds is 6. The van der Waals surface area contributed by atoms with Crippen molar-refractivity contribution in [3.8, 4) is 0 Å². The van der Waals surface area contributed by atoms with Crippen LogP contribution < -0.4 is 5.32 Å². The molecule has 0 saturated carbocycles. The van der Waals surface area contributed by atoms with E-state index in [1.54, 1.807) is 20.0 Å². The van der Waals surface area contributed by atoms with Gasteiger partial charge in [0.2, 0.25) is 10.0 Å². The standard InChI is InChI=1S/C13H20Cl2N2O2S/c1-5-17(9(2)3)20(18,19)12-7-11(14)6-10(8-16-4)13(12)15/h6-7,9,16H,5,8H2,1-4H3. The van der Waals surface area contributed by atoms with E-state index in [9.17, 15) is 8.42 Å². The highest BCUT2D eigenvalue weighted by molar-refractivity contribution is 7.89. The number of nitrogens with zero attached hydrogens (tertiary/aromatic N) is 1. The molecule has 0 aromatic heterocycles. The summed E-state index contributed by atoms with van der Waals surface area (Å²) >= 11 is 12.3. The Bertz CT molecular complexity index is 574. The molecular weight excluding hydrogens is 319 g/mol. The van der Waals surface area contributed by atoms with Crippen LogP contribution in [-0.4, -0.2) is 32.4 Å². The van der Waals surface area contributed by atoms with E-state index in [4.69, 9.17) is 23.2 Å². The highest BCUT2D eigenvalue weighted by Crippen LogP contribution is 2.32. The Hall–Kier alpha value is -0.330. The van der Waals surface area contributed by atoms with Crippen molar-refractivity contribution in [2.45, 2.75) is 38.3 Å². The fourth-order valence-corrected chi connectivity index (χ4v) is 4.62. The van der Waals surface area contributed by atoms with Crippen LogP contribution >= 0.6 is 23.2 Å². The average Bonchev–Trinajstić information content (AvgIpc) is 2.33. The molecule has 0 amide bonds. The molecule has 0 fully saturated rings. The van der Waals surface area contributed by atoms with E-state index in [1.807, 2.05) is 13.8 Å². The van der Waals surface area contributed by atoms with E-state index >= 15 is 0 Å². The summed E-state index contributed by atoms with van der Waals surface area (Å²) in [4.78, 5) is 0.0625. The Kier molecular flexibility index (Phi) is 6.28. The van der Waals surface area contributed by atoms with Crippen LogP contribution in [0, 0.1) is 0 Å². The zero-order chi connectivity index (χ0) is 15.5. The highest BCUT2D eigenvalue weighted by atomic mass is 35.5. The van der Waals surface area contributed by atoms with Gasteiger partial charge in [0, 0.05) is 24.2 Å². The molecule has 114 valence electrons. The normalized spacial score (nSPS) is 12.4. The van der Waals surface area contributed by atoms with Crippen LogP contribution in [0.5, 0.6) is 0 Å². The Morgan fingerprint density at radius 2 is 1.90 bits per heavy atom. The molecule has 0 bridgehead atoms. The molecular formula is C13H20Cl2N2O2S. The van der Waals surface area contributed by atoms with E-state index in [1.165, 1.54) is 10.4 Å². The summed E-state index contributed by atoms with van der Waals surface area (Å²) < 4.78 is 26.8. The molecule has 0 radical (unpaired) electrons. The third-order valence-corrected chi connectivity index (χ3v) is 5.87. The van der Waals surface area contributed by atoms with Gasteiger partial charge < -0.3 is 5.32 Å². The summed E-state index contributed by atoms with van der Waals surface area (Å²) in [6.45, 7) is 6.28.